The van der Waals surface area contributed by atoms with Crippen molar-refractivity contribution in [3.05, 3.63) is 11.9 Å². The van der Waals surface area contributed by atoms with E-state index in [1.165, 1.54) is 0 Å². The van der Waals surface area contributed by atoms with E-state index in [0.29, 0.717) is 17.7 Å². The SMILES string of the molecule is CCN(C)C(Cc1cnc([Se])[nH]1)C(=O)O. The molecular weight excluding hydrogens is 261 g/mol. The third-order valence-electron chi connectivity index (χ3n) is 2.33. The van der Waals surface area contributed by atoms with Crippen molar-refractivity contribution in [2.45, 2.75) is 19.4 Å². The fraction of sp³-hybridized carbons (Fsp3) is 0.556. The third-order valence-corrected chi connectivity index (χ3v) is 2.77. The van der Waals surface area contributed by atoms with Gasteiger partial charge >= 0.3 is 96.3 Å². The van der Waals surface area contributed by atoms with Crippen molar-refractivity contribution >= 4 is 26.7 Å². The molecule has 0 amide bonds. The summed E-state index contributed by atoms with van der Waals surface area (Å²) in [6.45, 7) is 2.64. The average molecular weight is 275 g/mol. The molecule has 1 atom stereocenters. The molecule has 1 aromatic rings. The number of nitrogens with zero attached hydrogens (tertiary/aromatic N) is 2. The molecular formula is C9H14N3O2Se. The van der Waals surface area contributed by atoms with Crippen LogP contribution in [0.25, 0.3) is 0 Å². The fourth-order valence-corrected chi connectivity index (χ4v) is 1.69. The van der Waals surface area contributed by atoms with Gasteiger partial charge in [-0.1, -0.05) is 0 Å². The van der Waals surface area contributed by atoms with E-state index >= 15 is 0 Å². The Hall–Kier alpha value is -0.841. The van der Waals surface area contributed by atoms with Gasteiger partial charge in [0.15, 0.2) is 0 Å². The molecule has 1 rings (SSSR count). The van der Waals surface area contributed by atoms with Crippen molar-refractivity contribution in [3.63, 3.8) is 0 Å². The molecule has 0 aliphatic rings. The predicted molar refractivity (Wildman–Crippen MR) is 57.4 cm³/mol. The van der Waals surface area contributed by atoms with Crippen LogP contribution in [0.4, 0.5) is 0 Å². The standard InChI is InChI=1S/C9H14N3O2Se/c1-3-12(2)7(8(13)14)4-6-5-10-9(15)11-6/h5,7H,3-4H2,1-2H3,(H,10,11)(H,13,14). The molecule has 1 unspecified atom stereocenters. The molecule has 5 nitrogen and oxygen atoms in total. The first-order valence-corrected chi connectivity index (χ1v) is 5.54. The Kier molecular flexibility index (Phi) is 4.32. The van der Waals surface area contributed by atoms with Crippen molar-refractivity contribution in [1.82, 2.24) is 14.9 Å². The number of rotatable bonds is 5. The van der Waals surface area contributed by atoms with Gasteiger partial charge < -0.3 is 0 Å². The molecule has 83 valence electrons. The van der Waals surface area contributed by atoms with Crippen LogP contribution in [0.3, 0.4) is 0 Å². The molecule has 0 aliphatic heterocycles. The van der Waals surface area contributed by atoms with Crippen LogP contribution in [-0.2, 0) is 11.2 Å². The van der Waals surface area contributed by atoms with Crippen LogP contribution >= 0.6 is 0 Å². The Morgan fingerprint density at radius 2 is 2.47 bits per heavy atom. The second-order valence-electron chi connectivity index (χ2n) is 3.34. The van der Waals surface area contributed by atoms with Crippen molar-refractivity contribution in [2.75, 3.05) is 13.6 Å². The number of aromatic nitrogens is 2. The zero-order valence-corrected chi connectivity index (χ0v) is 10.4. The van der Waals surface area contributed by atoms with E-state index in [1.807, 2.05) is 6.92 Å². The molecule has 0 saturated carbocycles. The molecule has 0 saturated heterocycles. The molecule has 1 heterocycles. The van der Waals surface area contributed by atoms with Gasteiger partial charge in [-0.15, -0.1) is 0 Å². The van der Waals surface area contributed by atoms with Crippen LogP contribution in [0, 0.1) is 0 Å². The van der Waals surface area contributed by atoms with Crippen LogP contribution in [-0.4, -0.2) is 61.6 Å². The zero-order valence-electron chi connectivity index (χ0n) is 8.73. The average Bonchev–Trinajstić information content (AvgIpc) is 2.59. The topological polar surface area (TPSA) is 69.2 Å². The molecule has 15 heavy (non-hydrogen) atoms. The Labute approximate surface area is 96.7 Å². The summed E-state index contributed by atoms with van der Waals surface area (Å²) in [5.74, 6) is -0.810. The normalized spacial score (nSPS) is 13.0. The zero-order chi connectivity index (χ0) is 11.4. The first kappa shape index (κ1) is 12.2. The van der Waals surface area contributed by atoms with Crippen molar-refractivity contribution in [1.29, 1.82) is 0 Å². The fourth-order valence-electron chi connectivity index (χ4n) is 1.30. The monoisotopic (exact) mass is 276 g/mol. The Balaban J connectivity index is 2.71. The minimum absolute atomic E-state index is 0.439. The van der Waals surface area contributed by atoms with Gasteiger partial charge in [-0.2, -0.15) is 0 Å². The number of imidazole rings is 1. The number of carboxylic acids is 1. The number of carboxylic acid groups (broad SMARTS) is 1. The summed E-state index contributed by atoms with van der Waals surface area (Å²) in [7, 11) is 1.80. The minimum atomic E-state index is -0.810. The van der Waals surface area contributed by atoms with E-state index in [0.717, 1.165) is 5.69 Å². The van der Waals surface area contributed by atoms with E-state index in [4.69, 9.17) is 5.11 Å². The van der Waals surface area contributed by atoms with Gasteiger partial charge in [-0.05, 0) is 0 Å². The maximum atomic E-state index is 11.0. The Morgan fingerprint density at radius 3 is 2.87 bits per heavy atom. The second-order valence-corrected chi connectivity index (χ2v) is 4.16. The molecule has 1 radical (unpaired) electrons. The maximum absolute atomic E-state index is 11.0. The molecule has 2 N–H and O–H groups in total. The summed E-state index contributed by atoms with van der Waals surface area (Å²) >= 11 is 2.74. The second kappa shape index (κ2) is 5.30. The molecule has 1 aromatic heterocycles. The van der Waals surface area contributed by atoms with Crippen molar-refractivity contribution in [2.24, 2.45) is 0 Å². The van der Waals surface area contributed by atoms with Gasteiger partial charge in [0, 0.05) is 0 Å². The van der Waals surface area contributed by atoms with Crippen LogP contribution < -0.4 is 4.72 Å². The Morgan fingerprint density at radius 1 is 1.80 bits per heavy atom. The van der Waals surface area contributed by atoms with Gasteiger partial charge in [-0.25, -0.2) is 0 Å². The van der Waals surface area contributed by atoms with Crippen LogP contribution in [0.15, 0.2) is 6.20 Å². The van der Waals surface area contributed by atoms with Crippen LogP contribution in [0.5, 0.6) is 0 Å². The van der Waals surface area contributed by atoms with Gasteiger partial charge in [0.1, 0.15) is 0 Å². The first-order valence-electron chi connectivity index (χ1n) is 4.68. The number of carbonyl (C=O) groups is 1. The third kappa shape index (κ3) is 3.34. The number of hydrogen-bond donors (Lipinski definition) is 2. The number of H-pyrrole nitrogens is 1. The number of hydrogen-bond acceptors (Lipinski definition) is 3. The molecule has 6 heteroatoms. The van der Waals surface area contributed by atoms with Crippen molar-refractivity contribution in [3.8, 4) is 0 Å². The summed E-state index contributed by atoms with van der Waals surface area (Å²) in [6, 6.07) is -0.505. The molecule has 0 fully saturated rings. The molecule has 0 bridgehead atoms. The molecule has 0 aromatic carbocycles. The van der Waals surface area contributed by atoms with Gasteiger partial charge in [-0.3, -0.25) is 0 Å². The predicted octanol–water partition coefficient (Wildman–Crippen LogP) is -0.849. The van der Waals surface area contributed by atoms with E-state index in [9.17, 15) is 4.79 Å². The van der Waals surface area contributed by atoms with Gasteiger partial charge in [0.25, 0.3) is 0 Å². The quantitative estimate of drug-likeness (QED) is 0.687. The number of likely N-dealkylation sites (N-methyl/N-ethyl adjacent to an activating group) is 1. The molecule has 0 spiro atoms. The summed E-state index contributed by atoms with van der Waals surface area (Å²) < 4.78 is 0.688. The number of aromatic amines is 1. The van der Waals surface area contributed by atoms with Gasteiger partial charge in [0.05, 0.1) is 0 Å². The van der Waals surface area contributed by atoms with E-state index in [2.05, 4.69) is 26.0 Å². The summed E-state index contributed by atoms with van der Waals surface area (Å²) in [4.78, 5) is 19.8. The summed E-state index contributed by atoms with van der Waals surface area (Å²) in [6.07, 6.45) is 2.10. The van der Waals surface area contributed by atoms with Crippen LogP contribution in [0.1, 0.15) is 12.6 Å². The molecule has 0 aliphatic carbocycles. The first-order chi connectivity index (χ1) is 7.04. The summed E-state index contributed by atoms with van der Waals surface area (Å²) in [5, 5.41) is 9.06. The van der Waals surface area contributed by atoms with E-state index < -0.39 is 12.0 Å². The van der Waals surface area contributed by atoms with Gasteiger partial charge in [0.2, 0.25) is 0 Å². The Bertz CT molecular complexity index is 340. The van der Waals surface area contributed by atoms with E-state index in [-0.39, 0.29) is 0 Å². The van der Waals surface area contributed by atoms with Crippen molar-refractivity contribution < 1.29 is 9.90 Å². The number of nitrogens with one attached hydrogen (secondary N) is 1. The number of aliphatic carboxylic acids is 1. The van der Waals surface area contributed by atoms with E-state index in [1.54, 1.807) is 18.1 Å². The van der Waals surface area contributed by atoms with Crippen LogP contribution in [0.2, 0.25) is 0 Å². The summed E-state index contributed by atoms with van der Waals surface area (Å²) in [5.41, 5.74) is 0.830.